The van der Waals surface area contributed by atoms with E-state index in [1.807, 2.05) is 0 Å². The third-order valence-corrected chi connectivity index (χ3v) is 3.63. The summed E-state index contributed by atoms with van der Waals surface area (Å²) in [5.41, 5.74) is 0. The molecule has 1 N–H and O–H groups in total. The van der Waals surface area contributed by atoms with Crippen LogP contribution in [0.25, 0.3) is 0 Å². The quantitative estimate of drug-likeness (QED) is 0.868. The number of ether oxygens (including phenoxy) is 1. The summed E-state index contributed by atoms with van der Waals surface area (Å²) in [6, 6.07) is 2.80. The van der Waals surface area contributed by atoms with Crippen LogP contribution in [-0.2, 0) is 9.59 Å². The third-order valence-electron chi connectivity index (χ3n) is 3.63. The summed E-state index contributed by atoms with van der Waals surface area (Å²) in [6.45, 7) is 1.05. The van der Waals surface area contributed by atoms with E-state index in [0.717, 1.165) is 37.5 Å². The van der Waals surface area contributed by atoms with E-state index in [0.29, 0.717) is 26.1 Å². The number of nitrogens with one attached hydrogen (secondary N) is 1. The smallest absolute Gasteiger partial charge is 0.258 e. The number of hydrogen-bond donors (Lipinski definition) is 1. The second kappa shape index (κ2) is 8.45. The van der Waals surface area contributed by atoms with Crippen LogP contribution in [0.15, 0.2) is 18.2 Å². The van der Waals surface area contributed by atoms with Crippen molar-refractivity contribution in [2.24, 2.45) is 0 Å². The van der Waals surface area contributed by atoms with Gasteiger partial charge in [-0.3, -0.25) is 9.59 Å². The lowest BCUT2D eigenvalue weighted by molar-refractivity contribution is -0.131. The molecule has 1 fully saturated rings. The standard InChI is InChI=1S/C16H20F2N2O3/c17-12-5-6-13(18)14(10-12)23-11-15(21)19-7-9-20-8-3-1-2-4-16(20)22/h5-6,10H,1-4,7-9,11H2,(H,19,21). The van der Waals surface area contributed by atoms with Gasteiger partial charge in [0.1, 0.15) is 5.82 Å². The maximum Gasteiger partial charge on any atom is 0.258 e. The van der Waals surface area contributed by atoms with E-state index in [1.165, 1.54) is 0 Å². The minimum Gasteiger partial charge on any atom is -0.481 e. The molecule has 1 saturated heterocycles. The Hall–Kier alpha value is -2.18. The van der Waals surface area contributed by atoms with Gasteiger partial charge in [-0.25, -0.2) is 8.78 Å². The summed E-state index contributed by atoms with van der Waals surface area (Å²) in [4.78, 5) is 25.2. The lowest BCUT2D eigenvalue weighted by atomic mass is 10.2. The Kier molecular flexibility index (Phi) is 6.31. The second-order valence-electron chi connectivity index (χ2n) is 5.40. The first-order chi connectivity index (χ1) is 11.1. The molecule has 0 spiro atoms. The van der Waals surface area contributed by atoms with Crippen molar-refractivity contribution in [2.45, 2.75) is 25.7 Å². The predicted molar refractivity (Wildman–Crippen MR) is 79.9 cm³/mol. The molecule has 0 saturated carbocycles. The van der Waals surface area contributed by atoms with Crippen LogP contribution in [0.2, 0.25) is 0 Å². The molecule has 1 heterocycles. The molecule has 0 bridgehead atoms. The zero-order valence-corrected chi connectivity index (χ0v) is 12.8. The molecule has 0 aliphatic carbocycles. The summed E-state index contributed by atoms with van der Waals surface area (Å²) >= 11 is 0. The number of likely N-dealkylation sites (tertiary alicyclic amines) is 1. The zero-order chi connectivity index (χ0) is 16.7. The van der Waals surface area contributed by atoms with Gasteiger partial charge in [0.2, 0.25) is 5.91 Å². The largest absolute Gasteiger partial charge is 0.481 e. The summed E-state index contributed by atoms with van der Waals surface area (Å²) in [5, 5.41) is 2.60. The number of nitrogens with zero attached hydrogens (tertiary/aromatic N) is 1. The minimum atomic E-state index is -0.727. The van der Waals surface area contributed by atoms with E-state index in [-0.39, 0.29) is 11.7 Å². The molecule has 1 aromatic carbocycles. The molecule has 7 heteroatoms. The monoisotopic (exact) mass is 326 g/mol. The Morgan fingerprint density at radius 3 is 2.91 bits per heavy atom. The van der Waals surface area contributed by atoms with E-state index < -0.39 is 24.1 Å². The molecule has 0 radical (unpaired) electrons. The molecule has 1 aliphatic rings. The highest BCUT2D eigenvalue weighted by Gasteiger charge is 2.16. The van der Waals surface area contributed by atoms with Crippen LogP contribution in [0, 0.1) is 11.6 Å². The molecule has 5 nitrogen and oxygen atoms in total. The Balaban J connectivity index is 1.70. The fourth-order valence-corrected chi connectivity index (χ4v) is 2.39. The highest BCUT2D eigenvalue weighted by Crippen LogP contribution is 2.17. The Morgan fingerprint density at radius 1 is 1.26 bits per heavy atom. The summed E-state index contributed by atoms with van der Waals surface area (Å²) < 4.78 is 31.2. The molecule has 0 atom stereocenters. The third kappa shape index (κ3) is 5.50. The van der Waals surface area contributed by atoms with Crippen molar-refractivity contribution < 1.29 is 23.1 Å². The normalized spacial score (nSPS) is 15.2. The molecule has 0 unspecified atom stereocenters. The fraction of sp³-hybridized carbons (Fsp3) is 0.500. The highest BCUT2D eigenvalue weighted by atomic mass is 19.1. The first-order valence-corrected chi connectivity index (χ1v) is 7.68. The van der Waals surface area contributed by atoms with Gasteiger partial charge in [0.25, 0.3) is 5.91 Å². The molecular formula is C16H20F2N2O3. The maximum absolute atomic E-state index is 13.3. The van der Waals surface area contributed by atoms with Crippen molar-refractivity contribution in [3.63, 3.8) is 0 Å². The molecule has 1 aliphatic heterocycles. The Labute approximate surface area is 133 Å². The van der Waals surface area contributed by atoms with Crippen LogP contribution in [0.1, 0.15) is 25.7 Å². The zero-order valence-electron chi connectivity index (χ0n) is 12.8. The van der Waals surface area contributed by atoms with E-state index >= 15 is 0 Å². The lowest BCUT2D eigenvalue weighted by Gasteiger charge is -2.20. The van der Waals surface area contributed by atoms with Gasteiger partial charge in [-0.05, 0) is 25.0 Å². The molecular weight excluding hydrogens is 306 g/mol. The lowest BCUT2D eigenvalue weighted by Crippen LogP contribution is -2.39. The van der Waals surface area contributed by atoms with Gasteiger partial charge in [0.05, 0.1) is 0 Å². The highest BCUT2D eigenvalue weighted by molar-refractivity contribution is 5.78. The van der Waals surface area contributed by atoms with Gasteiger partial charge in [-0.2, -0.15) is 0 Å². The van der Waals surface area contributed by atoms with Gasteiger partial charge >= 0.3 is 0 Å². The van der Waals surface area contributed by atoms with Crippen LogP contribution < -0.4 is 10.1 Å². The van der Waals surface area contributed by atoms with Gasteiger partial charge in [-0.1, -0.05) is 6.42 Å². The summed E-state index contributed by atoms with van der Waals surface area (Å²) in [7, 11) is 0. The van der Waals surface area contributed by atoms with Crippen LogP contribution in [0.4, 0.5) is 8.78 Å². The van der Waals surface area contributed by atoms with Crippen molar-refractivity contribution in [3.8, 4) is 5.75 Å². The van der Waals surface area contributed by atoms with Gasteiger partial charge in [-0.15, -0.1) is 0 Å². The van der Waals surface area contributed by atoms with Crippen LogP contribution in [-0.4, -0.2) is 43.0 Å². The Bertz CT molecular complexity index is 566. The van der Waals surface area contributed by atoms with Crippen molar-refractivity contribution in [1.29, 1.82) is 0 Å². The topological polar surface area (TPSA) is 58.6 Å². The second-order valence-corrected chi connectivity index (χ2v) is 5.40. The SMILES string of the molecule is O=C(COc1cc(F)ccc1F)NCCN1CCCCCC1=O. The fourth-order valence-electron chi connectivity index (χ4n) is 2.39. The number of benzene rings is 1. The molecule has 2 rings (SSSR count). The van der Waals surface area contributed by atoms with E-state index in [4.69, 9.17) is 4.74 Å². The van der Waals surface area contributed by atoms with E-state index in [9.17, 15) is 18.4 Å². The number of amides is 2. The van der Waals surface area contributed by atoms with Crippen molar-refractivity contribution in [1.82, 2.24) is 10.2 Å². The van der Waals surface area contributed by atoms with E-state index in [1.54, 1.807) is 4.90 Å². The first kappa shape index (κ1) is 17.2. The number of halogens is 2. The van der Waals surface area contributed by atoms with Gasteiger partial charge in [0.15, 0.2) is 18.2 Å². The number of carbonyl (C=O) groups is 2. The molecule has 2 amide bonds. The van der Waals surface area contributed by atoms with Gasteiger partial charge < -0.3 is 15.0 Å². The molecule has 0 aromatic heterocycles. The average Bonchev–Trinajstić information content (AvgIpc) is 2.73. The average molecular weight is 326 g/mol. The van der Waals surface area contributed by atoms with Crippen LogP contribution >= 0.6 is 0 Å². The van der Waals surface area contributed by atoms with Gasteiger partial charge in [0, 0.05) is 32.1 Å². The molecule has 1 aromatic rings. The summed E-state index contributed by atoms with van der Waals surface area (Å²) in [5.74, 6) is -2.01. The maximum atomic E-state index is 13.3. The summed E-state index contributed by atoms with van der Waals surface area (Å²) in [6.07, 6.45) is 3.48. The van der Waals surface area contributed by atoms with Crippen molar-refractivity contribution in [3.05, 3.63) is 29.8 Å². The van der Waals surface area contributed by atoms with Crippen LogP contribution in [0.3, 0.4) is 0 Å². The molecule has 126 valence electrons. The predicted octanol–water partition coefficient (Wildman–Crippen LogP) is 1.86. The van der Waals surface area contributed by atoms with Crippen molar-refractivity contribution in [2.75, 3.05) is 26.2 Å². The number of rotatable bonds is 6. The Morgan fingerprint density at radius 2 is 2.09 bits per heavy atom. The van der Waals surface area contributed by atoms with Crippen LogP contribution in [0.5, 0.6) is 5.75 Å². The minimum absolute atomic E-state index is 0.106. The van der Waals surface area contributed by atoms with E-state index in [2.05, 4.69) is 5.32 Å². The number of hydrogen-bond acceptors (Lipinski definition) is 3. The van der Waals surface area contributed by atoms with Crippen molar-refractivity contribution >= 4 is 11.8 Å². The molecule has 23 heavy (non-hydrogen) atoms. The number of carbonyl (C=O) groups excluding carboxylic acids is 2. The first-order valence-electron chi connectivity index (χ1n) is 7.68.